The van der Waals surface area contributed by atoms with E-state index in [0.717, 1.165) is 11.4 Å². The standard InChI is InChI=1S/C17H19N3O3/c1-12(21)13-4-3-5-14(10-13)20-15-6-7-18-16(11-15)17(22)19-8-9-23-2/h3-7,10-11H,8-9H2,1-2H3,(H,18,20)(H,19,22). The van der Waals surface area contributed by atoms with Gasteiger partial charge in [-0.1, -0.05) is 12.1 Å². The van der Waals surface area contributed by atoms with Gasteiger partial charge < -0.3 is 15.4 Å². The minimum Gasteiger partial charge on any atom is -0.383 e. The van der Waals surface area contributed by atoms with E-state index in [9.17, 15) is 9.59 Å². The number of ketones is 1. The highest BCUT2D eigenvalue weighted by Crippen LogP contribution is 2.18. The Kier molecular flexibility index (Phi) is 5.82. The fraction of sp³-hybridized carbons (Fsp3) is 0.235. The number of pyridine rings is 1. The molecule has 120 valence electrons. The van der Waals surface area contributed by atoms with Crippen molar-refractivity contribution >= 4 is 23.1 Å². The number of benzene rings is 1. The van der Waals surface area contributed by atoms with Crippen LogP contribution in [0.1, 0.15) is 27.8 Å². The largest absolute Gasteiger partial charge is 0.383 e. The maximum absolute atomic E-state index is 12.0. The zero-order chi connectivity index (χ0) is 16.7. The fourth-order valence-corrected chi connectivity index (χ4v) is 1.97. The van der Waals surface area contributed by atoms with Crippen molar-refractivity contribution in [1.29, 1.82) is 0 Å². The summed E-state index contributed by atoms with van der Waals surface area (Å²) >= 11 is 0. The molecular weight excluding hydrogens is 294 g/mol. The van der Waals surface area contributed by atoms with Crippen molar-refractivity contribution in [3.8, 4) is 0 Å². The van der Waals surface area contributed by atoms with Gasteiger partial charge in [-0.3, -0.25) is 14.6 Å². The van der Waals surface area contributed by atoms with E-state index in [1.165, 1.54) is 6.92 Å². The molecule has 1 aromatic carbocycles. The molecule has 2 aromatic rings. The van der Waals surface area contributed by atoms with Gasteiger partial charge in [-0.2, -0.15) is 0 Å². The quantitative estimate of drug-likeness (QED) is 0.606. The number of Topliss-reactive ketones (excluding diaryl/α,β-unsaturated/α-hetero) is 1. The van der Waals surface area contributed by atoms with Crippen LogP contribution >= 0.6 is 0 Å². The first-order valence-electron chi connectivity index (χ1n) is 7.21. The van der Waals surface area contributed by atoms with Crippen molar-refractivity contribution in [1.82, 2.24) is 10.3 Å². The number of rotatable bonds is 7. The summed E-state index contributed by atoms with van der Waals surface area (Å²) in [7, 11) is 1.57. The smallest absolute Gasteiger partial charge is 0.270 e. The average Bonchev–Trinajstić information content (AvgIpc) is 2.55. The zero-order valence-corrected chi connectivity index (χ0v) is 13.1. The number of nitrogens with zero attached hydrogens (tertiary/aromatic N) is 1. The number of ether oxygens (including phenoxy) is 1. The van der Waals surface area contributed by atoms with Crippen molar-refractivity contribution in [2.45, 2.75) is 6.92 Å². The van der Waals surface area contributed by atoms with Crippen LogP contribution in [0.25, 0.3) is 0 Å². The lowest BCUT2D eigenvalue weighted by Crippen LogP contribution is -2.27. The summed E-state index contributed by atoms with van der Waals surface area (Å²) in [6, 6.07) is 10.6. The second kappa shape index (κ2) is 8.05. The maximum Gasteiger partial charge on any atom is 0.270 e. The van der Waals surface area contributed by atoms with E-state index < -0.39 is 0 Å². The molecule has 0 unspecified atom stereocenters. The molecule has 0 spiro atoms. The van der Waals surface area contributed by atoms with Gasteiger partial charge in [0.15, 0.2) is 5.78 Å². The molecule has 0 saturated carbocycles. The number of methoxy groups -OCH3 is 1. The van der Waals surface area contributed by atoms with E-state index >= 15 is 0 Å². The van der Waals surface area contributed by atoms with Crippen LogP contribution in [-0.4, -0.2) is 36.9 Å². The maximum atomic E-state index is 12.0. The molecule has 1 aromatic heterocycles. The first kappa shape index (κ1) is 16.6. The Morgan fingerprint density at radius 2 is 1.96 bits per heavy atom. The molecule has 0 saturated heterocycles. The molecule has 0 bridgehead atoms. The molecule has 6 heteroatoms. The third-order valence-corrected chi connectivity index (χ3v) is 3.14. The topological polar surface area (TPSA) is 80.3 Å². The summed E-state index contributed by atoms with van der Waals surface area (Å²) in [4.78, 5) is 27.4. The molecule has 1 heterocycles. The van der Waals surface area contributed by atoms with E-state index in [1.807, 2.05) is 6.07 Å². The van der Waals surface area contributed by atoms with Gasteiger partial charge in [0.25, 0.3) is 5.91 Å². The molecule has 0 aliphatic rings. The molecule has 6 nitrogen and oxygen atoms in total. The number of anilines is 2. The Morgan fingerprint density at radius 1 is 1.17 bits per heavy atom. The van der Waals surface area contributed by atoms with Crippen molar-refractivity contribution in [3.05, 3.63) is 53.9 Å². The molecule has 0 fully saturated rings. The molecule has 1 amide bonds. The molecule has 2 N–H and O–H groups in total. The van der Waals surface area contributed by atoms with Crippen LogP contribution in [0.3, 0.4) is 0 Å². The Bertz CT molecular complexity index is 701. The van der Waals surface area contributed by atoms with Gasteiger partial charge in [-0.05, 0) is 31.2 Å². The summed E-state index contributed by atoms with van der Waals surface area (Å²) < 4.78 is 4.89. The van der Waals surface area contributed by atoms with E-state index in [0.29, 0.717) is 24.4 Å². The molecule has 0 radical (unpaired) electrons. The van der Waals surface area contributed by atoms with E-state index in [1.54, 1.807) is 43.6 Å². The van der Waals surface area contributed by atoms with Gasteiger partial charge in [0.2, 0.25) is 0 Å². The van der Waals surface area contributed by atoms with Crippen molar-refractivity contribution in [2.24, 2.45) is 0 Å². The van der Waals surface area contributed by atoms with Crippen LogP contribution in [0.15, 0.2) is 42.6 Å². The molecular formula is C17H19N3O3. The number of aromatic nitrogens is 1. The number of nitrogens with one attached hydrogen (secondary N) is 2. The summed E-state index contributed by atoms with van der Waals surface area (Å²) in [6.45, 7) is 2.39. The van der Waals surface area contributed by atoms with Crippen molar-refractivity contribution < 1.29 is 14.3 Å². The molecule has 23 heavy (non-hydrogen) atoms. The van der Waals surface area contributed by atoms with Gasteiger partial charge in [-0.15, -0.1) is 0 Å². The highest BCUT2D eigenvalue weighted by atomic mass is 16.5. The van der Waals surface area contributed by atoms with Crippen molar-refractivity contribution in [2.75, 3.05) is 25.6 Å². The van der Waals surface area contributed by atoms with Crippen LogP contribution in [0.2, 0.25) is 0 Å². The molecule has 2 rings (SSSR count). The predicted octanol–water partition coefficient (Wildman–Crippen LogP) is 2.40. The Balaban J connectivity index is 2.09. The predicted molar refractivity (Wildman–Crippen MR) is 88.2 cm³/mol. The minimum atomic E-state index is -0.261. The Hall–Kier alpha value is -2.73. The second-order valence-corrected chi connectivity index (χ2v) is 4.94. The van der Waals surface area contributed by atoms with Gasteiger partial charge in [0, 0.05) is 36.8 Å². The summed E-state index contributed by atoms with van der Waals surface area (Å²) in [5.74, 6) is -0.259. The third-order valence-electron chi connectivity index (χ3n) is 3.14. The summed E-state index contributed by atoms with van der Waals surface area (Å²) in [5, 5.41) is 5.88. The highest BCUT2D eigenvalue weighted by molar-refractivity contribution is 5.95. The van der Waals surface area contributed by atoms with Crippen LogP contribution in [-0.2, 0) is 4.74 Å². The zero-order valence-electron chi connectivity index (χ0n) is 13.1. The number of amides is 1. The SMILES string of the molecule is COCCNC(=O)c1cc(Nc2cccc(C(C)=O)c2)ccn1. The van der Waals surface area contributed by atoms with E-state index in [4.69, 9.17) is 4.74 Å². The van der Waals surface area contributed by atoms with E-state index in [-0.39, 0.29) is 11.7 Å². The average molecular weight is 313 g/mol. The third kappa shape index (κ3) is 4.89. The lowest BCUT2D eigenvalue weighted by Gasteiger charge is -2.09. The van der Waals surface area contributed by atoms with Crippen LogP contribution in [0, 0.1) is 0 Å². The van der Waals surface area contributed by atoms with E-state index in [2.05, 4.69) is 15.6 Å². The number of hydrogen-bond acceptors (Lipinski definition) is 5. The van der Waals surface area contributed by atoms with Gasteiger partial charge in [-0.25, -0.2) is 0 Å². The molecule has 0 atom stereocenters. The Labute approximate surface area is 134 Å². The minimum absolute atomic E-state index is 0.00147. The molecule has 0 aliphatic carbocycles. The second-order valence-electron chi connectivity index (χ2n) is 4.94. The van der Waals surface area contributed by atoms with Gasteiger partial charge >= 0.3 is 0 Å². The van der Waals surface area contributed by atoms with Crippen LogP contribution in [0.4, 0.5) is 11.4 Å². The number of carbonyl (C=O) groups is 2. The number of hydrogen-bond donors (Lipinski definition) is 2. The highest BCUT2D eigenvalue weighted by Gasteiger charge is 2.08. The lowest BCUT2D eigenvalue weighted by molar-refractivity contribution is 0.0931. The molecule has 0 aliphatic heterocycles. The normalized spacial score (nSPS) is 10.2. The summed E-state index contributed by atoms with van der Waals surface area (Å²) in [5.41, 5.74) is 2.43. The van der Waals surface area contributed by atoms with Crippen LogP contribution < -0.4 is 10.6 Å². The van der Waals surface area contributed by atoms with Crippen molar-refractivity contribution in [3.63, 3.8) is 0 Å². The first-order valence-corrected chi connectivity index (χ1v) is 7.21. The summed E-state index contributed by atoms with van der Waals surface area (Å²) in [6.07, 6.45) is 1.56. The van der Waals surface area contributed by atoms with Crippen LogP contribution in [0.5, 0.6) is 0 Å². The Morgan fingerprint density at radius 3 is 2.70 bits per heavy atom. The van der Waals surface area contributed by atoms with Gasteiger partial charge in [0.05, 0.1) is 6.61 Å². The first-order chi connectivity index (χ1) is 11.1. The number of carbonyl (C=O) groups excluding carboxylic acids is 2. The monoisotopic (exact) mass is 313 g/mol. The fourth-order valence-electron chi connectivity index (χ4n) is 1.97. The lowest BCUT2D eigenvalue weighted by atomic mass is 10.1. The van der Waals surface area contributed by atoms with Gasteiger partial charge in [0.1, 0.15) is 5.69 Å².